The summed E-state index contributed by atoms with van der Waals surface area (Å²) in [6, 6.07) is 39.1. The Bertz CT molecular complexity index is 1210. The topological polar surface area (TPSA) is 55.4 Å². The Kier molecular flexibility index (Phi) is 8.66. The highest BCUT2D eigenvalue weighted by molar-refractivity contribution is 5.86. The van der Waals surface area contributed by atoms with Gasteiger partial charge in [0.25, 0.3) is 0 Å². The van der Waals surface area contributed by atoms with Crippen molar-refractivity contribution in [3.05, 3.63) is 150 Å². The molecule has 1 N–H and O–H groups in total. The van der Waals surface area contributed by atoms with Crippen LogP contribution in [0.5, 0.6) is 0 Å². The molecule has 1 atom stereocenters. The fourth-order valence-electron chi connectivity index (χ4n) is 4.72. The second kappa shape index (κ2) is 12.5. The maximum absolute atomic E-state index is 13.7. The smallest absolute Gasteiger partial charge is 0.328 e. The van der Waals surface area contributed by atoms with Gasteiger partial charge in [0, 0.05) is 6.42 Å². The van der Waals surface area contributed by atoms with Gasteiger partial charge in [-0.15, -0.1) is 0 Å². The fraction of sp³-hybridized carbons (Fsp3) is 0.152. The molecule has 0 bridgehead atoms. The van der Waals surface area contributed by atoms with Gasteiger partial charge in [-0.2, -0.15) is 0 Å². The number of rotatable bonds is 10. The molecule has 0 unspecified atom stereocenters. The van der Waals surface area contributed by atoms with Crippen molar-refractivity contribution in [2.45, 2.75) is 24.3 Å². The number of benzene rings is 4. The standard InChI is InChI=1S/C33H31NO3/c1-37-32(36)30(24-14-17-26-15-6-2-7-16-26)34-31(35)25-33(27-18-8-3-9-19-27,28-20-10-4-11-21-28)29-22-12-5-13-23-29/h2-23,30H,24-25H2,1H3,(H,34,35)/b17-14+/t30-/m1/s1. The van der Waals surface area contributed by atoms with Crippen LogP contribution in [0.15, 0.2) is 127 Å². The van der Waals surface area contributed by atoms with Crippen molar-refractivity contribution in [1.82, 2.24) is 5.32 Å². The Labute approximate surface area is 218 Å². The summed E-state index contributed by atoms with van der Waals surface area (Å²) in [6.45, 7) is 0. The number of esters is 1. The van der Waals surface area contributed by atoms with Gasteiger partial charge in [-0.05, 0) is 28.7 Å². The lowest BCUT2D eigenvalue weighted by Crippen LogP contribution is -2.44. The van der Waals surface area contributed by atoms with Crippen molar-refractivity contribution in [1.29, 1.82) is 0 Å². The Hall–Kier alpha value is -4.44. The van der Waals surface area contributed by atoms with Gasteiger partial charge in [0.2, 0.25) is 5.91 Å². The van der Waals surface area contributed by atoms with E-state index in [9.17, 15) is 9.59 Å². The Morgan fingerprint density at radius 3 is 1.59 bits per heavy atom. The van der Waals surface area contributed by atoms with Gasteiger partial charge in [0.1, 0.15) is 6.04 Å². The summed E-state index contributed by atoms with van der Waals surface area (Å²) < 4.78 is 5.01. The van der Waals surface area contributed by atoms with Gasteiger partial charge in [0.15, 0.2) is 0 Å². The second-order valence-electron chi connectivity index (χ2n) is 8.87. The molecule has 1 amide bonds. The molecule has 0 heterocycles. The summed E-state index contributed by atoms with van der Waals surface area (Å²) >= 11 is 0. The van der Waals surface area contributed by atoms with Crippen LogP contribution in [-0.4, -0.2) is 25.0 Å². The zero-order valence-corrected chi connectivity index (χ0v) is 20.9. The van der Waals surface area contributed by atoms with Crippen LogP contribution in [0, 0.1) is 0 Å². The number of carbonyl (C=O) groups excluding carboxylic acids is 2. The van der Waals surface area contributed by atoms with E-state index < -0.39 is 17.4 Å². The molecule has 0 radical (unpaired) electrons. The highest BCUT2D eigenvalue weighted by Crippen LogP contribution is 2.42. The summed E-state index contributed by atoms with van der Waals surface area (Å²) in [6.07, 6.45) is 4.27. The molecule has 37 heavy (non-hydrogen) atoms. The van der Waals surface area contributed by atoms with Crippen molar-refractivity contribution in [2.24, 2.45) is 0 Å². The Morgan fingerprint density at radius 2 is 1.16 bits per heavy atom. The predicted octanol–water partition coefficient (Wildman–Crippen LogP) is 6.17. The van der Waals surface area contributed by atoms with Crippen LogP contribution in [-0.2, 0) is 19.7 Å². The summed E-state index contributed by atoms with van der Waals surface area (Å²) in [5.41, 5.74) is 3.28. The quantitative estimate of drug-likeness (QED) is 0.214. The summed E-state index contributed by atoms with van der Waals surface area (Å²) in [5.74, 6) is -0.712. The lowest BCUT2D eigenvalue weighted by atomic mass is 9.67. The first-order valence-electron chi connectivity index (χ1n) is 12.4. The molecule has 0 aliphatic heterocycles. The maximum atomic E-state index is 13.7. The third-order valence-corrected chi connectivity index (χ3v) is 6.53. The van der Waals surface area contributed by atoms with Crippen molar-refractivity contribution in [2.75, 3.05) is 7.11 Å². The number of hydrogen-bond donors (Lipinski definition) is 1. The van der Waals surface area contributed by atoms with E-state index in [2.05, 4.69) is 5.32 Å². The van der Waals surface area contributed by atoms with Crippen LogP contribution in [0.3, 0.4) is 0 Å². The van der Waals surface area contributed by atoms with Crippen LogP contribution in [0.4, 0.5) is 0 Å². The summed E-state index contributed by atoms with van der Waals surface area (Å²) in [4.78, 5) is 26.3. The highest BCUT2D eigenvalue weighted by Gasteiger charge is 2.39. The number of methoxy groups -OCH3 is 1. The average molecular weight is 490 g/mol. The van der Waals surface area contributed by atoms with Crippen LogP contribution < -0.4 is 5.32 Å². The second-order valence-corrected chi connectivity index (χ2v) is 8.87. The molecule has 0 saturated carbocycles. The molecule has 0 aromatic heterocycles. The van der Waals surface area contributed by atoms with Crippen molar-refractivity contribution >= 4 is 18.0 Å². The minimum atomic E-state index is -0.794. The van der Waals surface area contributed by atoms with Gasteiger partial charge >= 0.3 is 5.97 Å². The maximum Gasteiger partial charge on any atom is 0.328 e. The normalized spacial score (nSPS) is 12.1. The van der Waals surface area contributed by atoms with Gasteiger partial charge in [0.05, 0.1) is 12.5 Å². The lowest BCUT2D eigenvalue weighted by molar-refractivity contribution is -0.145. The first kappa shape index (κ1) is 25.6. The number of hydrogen-bond acceptors (Lipinski definition) is 3. The molecule has 4 nitrogen and oxygen atoms in total. The van der Waals surface area contributed by atoms with Crippen LogP contribution in [0.1, 0.15) is 35.1 Å². The molecule has 186 valence electrons. The Morgan fingerprint density at radius 1 is 0.730 bits per heavy atom. The molecule has 0 aliphatic carbocycles. The Balaban J connectivity index is 1.67. The summed E-state index contributed by atoms with van der Waals surface area (Å²) in [5, 5.41) is 2.95. The predicted molar refractivity (Wildman–Crippen MR) is 148 cm³/mol. The van der Waals surface area contributed by atoms with E-state index in [0.717, 1.165) is 22.3 Å². The minimum Gasteiger partial charge on any atom is -0.467 e. The molecule has 0 fully saturated rings. The number of amides is 1. The van der Waals surface area contributed by atoms with Crippen LogP contribution >= 0.6 is 0 Å². The first-order chi connectivity index (χ1) is 18.1. The van der Waals surface area contributed by atoms with E-state index in [0.29, 0.717) is 6.42 Å². The van der Waals surface area contributed by atoms with Crippen molar-refractivity contribution in [3.8, 4) is 0 Å². The molecule has 0 saturated heterocycles. The number of carbonyl (C=O) groups is 2. The zero-order chi connectivity index (χ0) is 25.9. The van der Waals surface area contributed by atoms with Gasteiger partial charge in [-0.25, -0.2) is 4.79 Å². The fourth-order valence-corrected chi connectivity index (χ4v) is 4.72. The summed E-state index contributed by atoms with van der Waals surface area (Å²) in [7, 11) is 1.34. The van der Waals surface area contributed by atoms with E-state index in [4.69, 9.17) is 4.74 Å². The third kappa shape index (κ3) is 6.22. The molecule has 4 aromatic carbocycles. The van der Waals surface area contributed by atoms with E-state index >= 15 is 0 Å². The van der Waals surface area contributed by atoms with Gasteiger partial charge in [-0.3, -0.25) is 4.79 Å². The van der Waals surface area contributed by atoms with Crippen LogP contribution in [0.2, 0.25) is 0 Å². The van der Waals surface area contributed by atoms with Crippen molar-refractivity contribution in [3.63, 3.8) is 0 Å². The van der Waals surface area contributed by atoms with Gasteiger partial charge in [-0.1, -0.05) is 133 Å². The zero-order valence-electron chi connectivity index (χ0n) is 20.9. The molecular weight excluding hydrogens is 458 g/mol. The van der Waals surface area contributed by atoms with E-state index in [1.54, 1.807) is 0 Å². The SMILES string of the molecule is COC(=O)[C@@H](C/C=C/c1ccccc1)NC(=O)CC(c1ccccc1)(c1ccccc1)c1ccccc1. The van der Waals surface area contributed by atoms with E-state index in [-0.39, 0.29) is 12.3 Å². The third-order valence-electron chi connectivity index (χ3n) is 6.53. The van der Waals surface area contributed by atoms with Crippen molar-refractivity contribution < 1.29 is 14.3 Å². The van der Waals surface area contributed by atoms with E-state index in [1.165, 1.54) is 7.11 Å². The van der Waals surface area contributed by atoms with Crippen LogP contribution in [0.25, 0.3) is 6.08 Å². The molecule has 4 heteroatoms. The molecule has 4 rings (SSSR count). The first-order valence-corrected chi connectivity index (χ1v) is 12.4. The van der Waals surface area contributed by atoms with E-state index in [1.807, 2.05) is 133 Å². The molecule has 0 spiro atoms. The number of nitrogens with one attached hydrogen (secondary N) is 1. The largest absolute Gasteiger partial charge is 0.467 e. The monoisotopic (exact) mass is 489 g/mol. The number of ether oxygens (including phenoxy) is 1. The molecular formula is C33H31NO3. The molecule has 0 aliphatic rings. The highest BCUT2D eigenvalue weighted by atomic mass is 16.5. The molecule has 4 aromatic rings. The average Bonchev–Trinajstić information content (AvgIpc) is 2.97. The lowest BCUT2D eigenvalue weighted by Gasteiger charge is -2.36. The van der Waals surface area contributed by atoms with Gasteiger partial charge < -0.3 is 10.1 Å². The minimum absolute atomic E-state index is 0.126.